The largest absolute Gasteiger partial charge is 0.368 e. The van der Waals surface area contributed by atoms with Crippen LogP contribution in [0.25, 0.3) is 0 Å². The van der Waals surface area contributed by atoms with Crippen LogP contribution in [0.5, 0.6) is 0 Å². The van der Waals surface area contributed by atoms with Gasteiger partial charge in [-0.05, 0) is 48.7 Å². The Kier molecular flexibility index (Phi) is 6.76. The summed E-state index contributed by atoms with van der Waals surface area (Å²) in [6, 6.07) is 16.9. The number of nitrogens with one attached hydrogen (secondary N) is 1. The molecule has 3 aliphatic rings. The Morgan fingerprint density at radius 2 is 1.60 bits per heavy atom. The second-order valence-electron chi connectivity index (χ2n) is 9.22. The highest BCUT2D eigenvalue weighted by molar-refractivity contribution is 7.88. The van der Waals surface area contributed by atoms with Crippen molar-refractivity contribution in [3.63, 3.8) is 0 Å². The zero-order valence-electron chi connectivity index (χ0n) is 19.4. The number of piperazine rings is 1. The molecule has 2 fully saturated rings. The molecular weight excluding hydrogens is 488 g/mol. The van der Waals surface area contributed by atoms with Crippen molar-refractivity contribution >= 4 is 33.2 Å². The highest BCUT2D eigenvalue weighted by Crippen LogP contribution is 2.34. The normalized spacial score (nSPS) is 20.5. The van der Waals surface area contributed by atoms with Gasteiger partial charge in [0.2, 0.25) is 10.0 Å². The quantitative estimate of drug-likeness (QED) is 0.658. The van der Waals surface area contributed by atoms with E-state index in [0.29, 0.717) is 49.7 Å². The van der Waals surface area contributed by atoms with E-state index < -0.39 is 15.6 Å². The predicted molar refractivity (Wildman–Crippen MR) is 135 cm³/mol. The van der Waals surface area contributed by atoms with Gasteiger partial charge in [-0.3, -0.25) is 15.1 Å². The Morgan fingerprint density at radius 1 is 0.943 bits per heavy atom. The van der Waals surface area contributed by atoms with E-state index in [1.54, 1.807) is 0 Å². The Morgan fingerprint density at radius 3 is 2.26 bits per heavy atom. The first-order valence-corrected chi connectivity index (χ1v) is 13.8. The van der Waals surface area contributed by atoms with Gasteiger partial charge in [-0.25, -0.2) is 12.7 Å². The summed E-state index contributed by atoms with van der Waals surface area (Å²) in [5.74, 6) is -0.0987. The molecule has 0 saturated carbocycles. The fraction of sp³-hybridized carbons (Fsp3) is 0.400. The molecule has 186 valence electrons. The highest BCUT2D eigenvalue weighted by atomic mass is 35.5. The molecule has 0 aliphatic carbocycles. The van der Waals surface area contributed by atoms with E-state index in [2.05, 4.69) is 10.4 Å². The van der Waals surface area contributed by atoms with Crippen molar-refractivity contribution in [2.45, 2.75) is 24.2 Å². The Bertz CT molecular complexity index is 1190. The Hall–Kier alpha value is -2.59. The van der Waals surface area contributed by atoms with E-state index in [1.807, 2.05) is 65.6 Å². The molecule has 1 N–H and O–H groups in total. The number of hydrogen-bond acceptors (Lipinski definition) is 6. The van der Waals surface area contributed by atoms with Gasteiger partial charge in [0.1, 0.15) is 11.3 Å². The Balaban J connectivity index is 1.16. The van der Waals surface area contributed by atoms with Crippen molar-refractivity contribution in [1.82, 2.24) is 14.7 Å². The molecule has 3 aliphatic heterocycles. The summed E-state index contributed by atoms with van der Waals surface area (Å²) in [5.41, 5.74) is 4.48. The number of carbonyl (C=O) groups excluding carboxylic acids is 1. The third kappa shape index (κ3) is 5.33. The number of piperidine rings is 1. The van der Waals surface area contributed by atoms with Gasteiger partial charge in [-0.2, -0.15) is 0 Å². The number of benzene rings is 2. The zero-order chi connectivity index (χ0) is 24.5. The van der Waals surface area contributed by atoms with E-state index in [-0.39, 0.29) is 11.7 Å². The maximum Gasteiger partial charge on any atom is 0.272 e. The molecule has 2 aromatic rings. The van der Waals surface area contributed by atoms with Crippen LogP contribution < -0.4 is 10.4 Å². The minimum absolute atomic E-state index is 0.0124. The highest BCUT2D eigenvalue weighted by Gasteiger charge is 2.43. The first kappa shape index (κ1) is 24.1. The zero-order valence-corrected chi connectivity index (χ0v) is 21.0. The summed E-state index contributed by atoms with van der Waals surface area (Å²) < 4.78 is 27.3. The summed E-state index contributed by atoms with van der Waals surface area (Å²) in [4.78, 5) is 23.0. The number of carbonyl (C=O) groups is 1. The molecule has 5 rings (SSSR count). The van der Waals surface area contributed by atoms with Crippen LogP contribution in [0.4, 0.5) is 5.69 Å². The molecule has 2 aromatic carbocycles. The maximum absolute atomic E-state index is 13.1. The van der Waals surface area contributed by atoms with E-state index in [1.165, 1.54) is 4.31 Å². The first-order chi connectivity index (χ1) is 16.8. The fourth-order valence-corrected chi connectivity index (χ4v) is 6.50. The van der Waals surface area contributed by atoms with Crippen LogP contribution in [0.1, 0.15) is 18.4 Å². The lowest BCUT2D eigenvalue weighted by Gasteiger charge is -2.36. The molecule has 35 heavy (non-hydrogen) atoms. The second kappa shape index (κ2) is 9.81. The lowest BCUT2D eigenvalue weighted by Crippen LogP contribution is -2.49. The van der Waals surface area contributed by atoms with Crippen LogP contribution in [0, 0.1) is 0 Å². The molecule has 8 nitrogen and oxygen atoms in total. The fourth-order valence-electron chi connectivity index (χ4n) is 4.84. The minimum Gasteiger partial charge on any atom is -0.368 e. The van der Waals surface area contributed by atoms with Crippen LogP contribution in [0.15, 0.2) is 66.4 Å². The number of anilines is 1. The topological polar surface area (TPSA) is 82.2 Å². The molecule has 0 bridgehead atoms. The molecule has 1 amide bonds. The van der Waals surface area contributed by atoms with Gasteiger partial charge in [-0.1, -0.05) is 41.9 Å². The molecule has 0 aromatic heterocycles. The third-order valence-corrected chi connectivity index (χ3v) is 9.02. The number of sulfonamides is 1. The molecule has 1 spiro atoms. The summed E-state index contributed by atoms with van der Waals surface area (Å²) in [6.45, 7) is 3.41. The van der Waals surface area contributed by atoms with Crippen LogP contribution in [0.3, 0.4) is 0 Å². The molecule has 0 atom stereocenters. The van der Waals surface area contributed by atoms with E-state index >= 15 is 0 Å². The SMILES string of the molecule is O=C(C1=CC2(CCN(S(=O)(=O)Cc3ccccc3)CC2)ON1)N1CCN(c2ccc(Cl)cc2)CC1. The third-order valence-electron chi connectivity index (χ3n) is 6.91. The summed E-state index contributed by atoms with van der Waals surface area (Å²) in [7, 11) is -3.41. The van der Waals surface area contributed by atoms with Gasteiger partial charge in [0.05, 0.1) is 5.75 Å². The number of amides is 1. The lowest BCUT2D eigenvalue weighted by molar-refractivity contribution is -0.129. The predicted octanol–water partition coefficient (Wildman–Crippen LogP) is 2.77. The lowest BCUT2D eigenvalue weighted by atomic mass is 9.92. The van der Waals surface area contributed by atoms with Gasteiger partial charge in [0.15, 0.2) is 0 Å². The first-order valence-electron chi connectivity index (χ1n) is 11.8. The van der Waals surface area contributed by atoms with Gasteiger partial charge < -0.3 is 9.80 Å². The molecule has 0 radical (unpaired) electrons. The van der Waals surface area contributed by atoms with Crippen LogP contribution in [-0.4, -0.2) is 68.4 Å². The van der Waals surface area contributed by atoms with Crippen LogP contribution in [0.2, 0.25) is 5.02 Å². The van der Waals surface area contributed by atoms with Gasteiger partial charge in [0, 0.05) is 50.0 Å². The van der Waals surface area contributed by atoms with Crippen molar-refractivity contribution in [3.8, 4) is 0 Å². The average molecular weight is 517 g/mol. The van der Waals surface area contributed by atoms with E-state index in [9.17, 15) is 13.2 Å². The molecule has 2 saturated heterocycles. The number of halogens is 1. The van der Waals surface area contributed by atoms with Crippen molar-refractivity contribution in [3.05, 3.63) is 77.0 Å². The van der Waals surface area contributed by atoms with Gasteiger partial charge in [0.25, 0.3) is 5.91 Å². The average Bonchev–Trinajstić information content (AvgIpc) is 3.28. The van der Waals surface area contributed by atoms with Crippen LogP contribution >= 0.6 is 11.6 Å². The molecular formula is C25H29ClN4O4S. The van der Waals surface area contributed by atoms with Crippen molar-refractivity contribution in [1.29, 1.82) is 0 Å². The summed E-state index contributed by atoms with van der Waals surface area (Å²) in [6.07, 6.45) is 2.84. The van der Waals surface area contributed by atoms with Crippen molar-refractivity contribution in [2.24, 2.45) is 0 Å². The molecule has 10 heteroatoms. The van der Waals surface area contributed by atoms with Gasteiger partial charge >= 0.3 is 0 Å². The number of rotatable bonds is 5. The molecule has 0 unspecified atom stereocenters. The van der Waals surface area contributed by atoms with E-state index in [0.717, 1.165) is 24.3 Å². The standard InChI is InChI=1S/C25H29ClN4O4S/c26-21-6-8-22(9-7-21)28-14-16-29(17-15-28)24(31)23-18-25(34-27-23)10-12-30(13-11-25)35(32,33)19-20-4-2-1-3-5-20/h1-9,18,27H,10-17,19H2. The Labute approximate surface area is 211 Å². The summed E-state index contributed by atoms with van der Waals surface area (Å²) in [5, 5.41) is 0.704. The number of hydrogen-bond donors (Lipinski definition) is 1. The number of hydroxylamine groups is 1. The minimum atomic E-state index is -3.41. The monoisotopic (exact) mass is 516 g/mol. The smallest absolute Gasteiger partial charge is 0.272 e. The van der Waals surface area contributed by atoms with Crippen molar-refractivity contribution < 1.29 is 18.0 Å². The number of nitrogens with zero attached hydrogens (tertiary/aromatic N) is 3. The maximum atomic E-state index is 13.1. The van der Waals surface area contributed by atoms with Crippen molar-refractivity contribution in [2.75, 3.05) is 44.2 Å². The van der Waals surface area contributed by atoms with Gasteiger partial charge in [-0.15, -0.1) is 0 Å². The molecule has 3 heterocycles. The van der Waals surface area contributed by atoms with E-state index in [4.69, 9.17) is 16.4 Å². The second-order valence-corrected chi connectivity index (χ2v) is 11.6. The summed E-state index contributed by atoms with van der Waals surface area (Å²) >= 11 is 5.98. The van der Waals surface area contributed by atoms with Crippen LogP contribution in [-0.2, 0) is 25.4 Å².